The Morgan fingerprint density at radius 2 is 1.95 bits per heavy atom. The van der Waals surface area contributed by atoms with Crippen molar-refractivity contribution in [2.45, 2.75) is 20.0 Å². The van der Waals surface area contributed by atoms with Crippen LogP contribution in [0.2, 0.25) is 0 Å². The van der Waals surface area contributed by atoms with E-state index in [0.29, 0.717) is 5.88 Å². The summed E-state index contributed by atoms with van der Waals surface area (Å²) in [5.74, 6) is 0.658. The highest BCUT2D eigenvalue weighted by molar-refractivity contribution is 5.85. The highest BCUT2D eigenvalue weighted by Gasteiger charge is 2.05. The molecule has 2 heterocycles. The van der Waals surface area contributed by atoms with Gasteiger partial charge < -0.3 is 9.72 Å². The van der Waals surface area contributed by atoms with Gasteiger partial charge in [-0.2, -0.15) is 0 Å². The maximum absolute atomic E-state index is 5.63. The van der Waals surface area contributed by atoms with Gasteiger partial charge >= 0.3 is 0 Å². The van der Waals surface area contributed by atoms with E-state index in [1.165, 1.54) is 5.39 Å². The van der Waals surface area contributed by atoms with Crippen molar-refractivity contribution in [3.05, 3.63) is 48.7 Å². The molecule has 0 amide bonds. The maximum Gasteiger partial charge on any atom is 0.214 e. The summed E-state index contributed by atoms with van der Waals surface area (Å²) in [7, 11) is 0. The molecule has 0 spiro atoms. The third-order valence-electron chi connectivity index (χ3n) is 2.93. The number of rotatable bonds is 3. The van der Waals surface area contributed by atoms with E-state index in [2.05, 4.69) is 28.2 Å². The fourth-order valence-corrected chi connectivity index (χ4v) is 2.11. The first-order chi connectivity index (χ1) is 9.22. The standard InChI is InChI=1S/C16H16N2O/c1-11(2)19-16-10-13(7-8-17-16)15-9-12-5-3-4-6-14(12)18-15/h3-11,18H,1-2H3. The van der Waals surface area contributed by atoms with Crippen LogP contribution in [0, 0.1) is 0 Å². The van der Waals surface area contributed by atoms with E-state index in [9.17, 15) is 0 Å². The van der Waals surface area contributed by atoms with E-state index < -0.39 is 0 Å². The number of aromatic nitrogens is 2. The molecule has 1 aromatic carbocycles. The fourth-order valence-electron chi connectivity index (χ4n) is 2.11. The van der Waals surface area contributed by atoms with Crippen LogP contribution in [0.3, 0.4) is 0 Å². The number of fused-ring (bicyclic) bond motifs is 1. The van der Waals surface area contributed by atoms with Crippen molar-refractivity contribution < 1.29 is 4.74 Å². The number of hydrogen-bond acceptors (Lipinski definition) is 2. The predicted molar refractivity (Wildman–Crippen MR) is 77.3 cm³/mol. The average Bonchev–Trinajstić information content (AvgIpc) is 2.82. The molecule has 0 aliphatic carbocycles. The zero-order chi connectivity index (χ0) is 13.2. The van der Waals surface area contributed by atoms with Gasteiger partial charge in [0.05, 0.1) is 6.10 Å². The summed E-state index contributed by atoms with van der Waals surface area (Å²) in [6.45, 7) is 3.99. The lowest BCUT2D eigenvalue weighted by Gasteiger charge is -2.09. The maximum atomic E-state index is 5.63. The lowest BCUT2D eigenvalue weighted by Crippen LogP contribution is -2.06. The summed E-state index contributed by atoms with van der Waals surface area (Å²) in [5.41, 5.74) is 3.31. The van der Waals surface area contributed by atoms with Gasteiger partial charge in [-0.15, -0.1) is 0 Å². The van der Waals surface area contributed by atoms with E-state index in [0.717, 1.165) is 16.8 Å². The Bertz CT molecular complexity index is 668. The van der Waals surface area contributed by atoms with E-state index in [4.69, 9.17) is 4.74 Å². The molecule has 3 rings (SSSR count). The number of hydrogen-bond donors (Lipinski definition) is 1. The summed E-state index contributed by atoms with van der Waals surface area (Å²) in [6.07, 6.45) is 1.91. The summed E-state index contributed by atoms with van der Waals surface area (Å²) < 4.78 is 5.63. The van der Waals surface area contributed by atoms with E-state index in [1.807, 2.05) is 38.1 Å². The number of para-hydroxylation sites is 1. The minimum absolute atomic E-state index is 0.130. The molecule has 0 saturated heterocycles. The Balaban J connectivity index is 2.01. The van der Waals surface area contributed by atoms with Crippen molar-refractivity contribution in [3.8, 4) is 17.1 Å². The first-order valence-electron chi connectivity index (χ1n) is 6.43. The van der Waals surface area contributed by atoms with Crippen molar-refractivity contribution in [1.29, 1.82) is 0 Å². The van der Waals surface area contributed by atoms with E-state index >= 15 is 0 Å². The highest BCUT2D eigenvalue weighted by Crippen LogP contribution is 2.25. The van der Waals surface area contributed by atoms with Gasteiger partial charge in [0, 0.05) is 34.4 Å². The Kier molecular flexibility index (Phi) is 2.95. The number of benzene rings is 1. The lowest BCUT2D eigenvalue weighted by molar-refractivity contribution is 0.233. The van der Waals surface area contributed by atoms with E-state index in [1.54, 1.807) is 6.20 Å². The first-order valence-corrected chi connectivity index (χ1v) is 6.43. The molecular weight excluding hydrogens is 236 g/mol. The monoisotopic (exact) mass is 252 g/mol. The van der Waals surface area contributed by atoms with Crippen molar-refractivity contribution >= 4 is 10.9 Å². The first kappa shape index (κ1) is 11.8. The Labute approximate surface area is 112 Å². The van der Waals surface area contributed by atoms with Crippen LogP contribution in [0.5, 0.6) is 5.88 Å². The molecule has 3 heteroatoms. The molecule has 0 radical (unpaired) electrons. The van der Waals surface area contributed by atoms with Crippen molar-refractivity contribution in [3.63, 3.8) is 0 Å². The zero-order valence-corrected chi connectivity index (χ0v) is 11.1. The van der Waals surface area contributed by atoms with Crippen LogP contribution >= 0.6 is 0 Å². The van der Waals surface area contributed by atoms with Gasteiger partial charge in [0.1, 0.15) is 0 Å². The van der Waals surface area contributed by atoms with Crippen molar-refractivity contribution in [1.82, 2.24) is 9.97 Å². The van der Waals surface area contributed by atoms with Crippen LogP contribution in [0.25, 0.3) is 22.2 Å². The predicted octanol–water partition coefficient (Wildman–Crippen LogP) is 4.02. The summed E-state index contributed by atoms with van der Waals surface area (Å²) in [6, 6.07) is 14.3. The quantitative estimate of drug-likeness (QED) is 0.764. The molecule has 0 fully saturated rings. The topological polar surface area (TPSA) is 37.9 Å². The van der Waals surface area contributed by atoms with Crippen LogP contribution < -0.4 is 4.74 Å². The Morgan fingerprint density at radius 1 is 1.11 bits per heavy atom. The molecule has 96 valence electrons. The lowest BCUT2D eigenvalue weighted by atomic mass is 10.2. The Hall–Kier alpha value is -2.29. The van der Waals surface area contributed by atoms with Gasteiger partial charge in [0.25, 0.3) is 0 Å². The van der Waals surface area contributed by atoms with Crippen LogP contribution in [0.1, 0.15) is 13.8 Å². The van der Waals surface area contributed by atoms with Gasteiger partial charge in [-0.25, -0.2) is 4.98 Å². The second kappa shape index (κ2) is 4.76. The Morgan fingerprint density at radius 3 is 2.74 bits per heavy atom. The van der Waals surface area contributed by atoms with Gasteiger partial charge in [-0.1, -0.05) is 18.2 Å². The second-order valence-electron chi connectivity index (χ2n) is 4.82. The summed E-state index contributed by atoms with van der Waals surface area (Å²) in [4.78, 5) is 7.63. The number of aromatic amines is 1. The van der Waals surface area contributed by atoms with Gasteiger partial charge in [-0.05, 0) is 32.0 Å². The van der Waals surface area contributed by atoms with Crippen LogP contribution in [-0.2, 0) is 0 Å². The smallest absolute Gasteiger partial charge is 0.214 e. The van der Waals surface area contributed by atoms with Gasteiger partial charge in [0.15, 0.2) is 0 Å². The SMILES string of the molecule is CC(C)Oc1cc(-c2cc3ccccc3[nH]2)ccn1. The normalized spacial score (nSPS) is 11.1. The number of nitrogens with one attached hydrogen (secondary N) is 1. The molecule has 0 bridgehead atoms. The average molecular weight is 252 g/mol. The second-order valence-corrected chi connectivity index (χ2v) is 4.82. The highest BCUT2D eigenvalue weighted by atomic mass is 16.5. The molecule has 1 N–H and O–H groups in total. The van der Waals surface area contributed by atoms with Crippen molar-refractivity contribution in [2.24, 2.45) is 0 Å². The minimum Gasteiger partial charge on any atom is -0.475 e. The molecular formula is C16H16N2O. The largest absolute Gasteiger partial charge is 0.475 e. The number of ether oxygens (including phenoxy) is 1. The number of pyridine rings is 1. The molecule has 0 saturated carbocycles. The zero-order valence-electron chi connectivity index (χ0n) is 11.1. The number of H-pyrrole nitrogens is 1. The molecule has 0 unspecified atom stereocenters. The third kappa shape index (κ3) is 2.45. The summed E-state index contributed by atoms with van der Waals surface area (Å²) >= 11 is 0. The van der Waals surface area contributed by atoms with Gasteiger partial charge in [-0.3, -0.25) is 0 Å². The molecule has 0 atom stereocenters. The minimum atomic E-state index is 0.130. The molecule has 19 heavy (non-hydrogen) atoms. The summed E-state index contributed by atoms with van der Waals surface area (Å²) in [5, 5.41) is 1.21. The van der Waals surface area contributed by atoms with E-state index in [-0.39, 0.29) is 6.10 Å². The molecule has 3 nitrogen and oxygen atoms in total. The molecule has 3 aromatic rings. The third-order valence-corrected chi connectivity index (χ3v) is 2.93. The van der Waals surface area contributed by atoms with Crippen LogP contribution in [0.15, 0.2) is 48.7 Å². The fraction of sp³-hybridized carbons (Fsp3) is 0.188. The molecule has 0 aliphatic rings. The van der Waals surface area contributed by atoms with Crippen molar-refractivity contribution in [2.75, 3.05) is 0 Å². The van der Waals surface area contributed by atoms with Crippen LogP contribution in [-0.4, -0.2) is 16.1 Å². The molecule has 0 aliphatic heterocycles. The number of nitrogens with zero attached hydrogens (tertiary/aromatic N) is 1. The van der Waals surface area contributed by atoms with Crippen LogP contribution in [0.4, 0.5) is 0 Å². The van der Waals surface area contributed by atoms with Gasteiger partial charge in [0.2, 0.25) is 5.88 Å². The molecule has 2 aromatic heterocycles.